The summed E-state index contributed by atoms with van der Waals surface area (Å²) in [7, 11) is 1.64. The number of aromatic nitrogens is 2. The highest BCUT2D eigenvalue weighted by atomic mass is 32.1. The zero-order chi connectivity index (χ0) is 21.3. The van der Waals surface area contributed by atoms with Crippen molar-refractivity contribution in [1.82, 2.24) is 10.2 Å². The molecule has 0 aliphatic carbocycles. The molecule has 0 atom stereocenters. The first-order valence-corrected chi connectivity index (χ1v) is 10.6. The van der Waals surface area contributed by atoms with E-state index in [0.717, 1.165) is 30.0 Å². The molecule has 2 aromatic carbocycles. The molecule has 1 heterocycles. The fourth-order valence-electron chi connectivity index (χ4n) is 2.81. The van der Waals surface area contributed by atoms with Crippen LogP contribution in [0.4, 0.5) is 10.8 Å². The number of amides is 2. The smallest absolute Gasteiger partial charge is 0.257 e. The van der Waals surface area contributed by atoms with Crippen LogP contribution in [0.2, 0.25) is 0 Å². The molecule has 0 radical (unpaired) electrons. The number of methoxy groups -OCH3 is 1. The Morgan fingerprint density at radius 2 is 1.83 bits per heavy atom. The first-order chi connectivity index (χ1) is 14.6. The molecule has 1 aromatic heterocycles. The van der Waals surface area contributed by atoms with Gasteiger partial charge in [-0.05, 0) is 48.7 Å². The van der Waals surface area contributed by atoms with Crippen molar-refractivity contribution in [3.8, 4) is 5.75 Å². The van der Waals surface area contributed by atoms with E-state index in [2.05, 4.69) is 20.8 Å². The summed E-state index contributed by atoms with van der Waals surface area (Å²) in [5, 5.41) is 15.1. The summed E-state index contributed by atoms with van der Waals surface area (Å²) in [5.74, 6) is 0.466. The predicted octanol–water partition coefficient (Wildman–Crippen LogP) is 4.32. The summed E-state index contributed by atoms with van der Waals surface area (Å²) < 4.78 is 5.16. The zero-order valence-corrected chi connectivity index (χ0v) is 17.8. The van der Waals surface area contributed by atoms with Crippen LogP contribution in [0, 0.1) is 0 Å². The van der Waals surface area contributed by atoms with Crippen LogP contribution >= 0.6 is 11.3 Å². The molecule has 0 bridgehead atoms. The molecule has 0 aliphatic heterocycles. The maximum absolute atomic E-state index is 12.5. The van der Waals surface area contributed by atoms with Gasteiger partial charge in [0, 0.05) is 24.1 Å². The highest BCUT2D eigenvalue weighted by Crippen LogP contribution is 2.20. The molecular formula is C22H24N4O3S. The van der Waals surface area contributed by atoms with Gasteiger partial charge in [0.2, 0.25) is 11.0 Å². The van der Waals surface area contributed by atoms with Crippen LogP contribution in [0.1, 0.15) is 40.7 Å². The van der Waals surface area contributed by atoms with E-state index in [1.807, 2.05) is 31.2 Å². The third-order valence-corrected chi connectivity index (χ3v) is 5.26. The van der Waals surface area contributed by atoms with Crippen LogP contribution < -0.4 is 15.4 Å². The first kappa shape index (κ1) is 21.4. The number of hydrogen-bond donors (Lipinski definition) is 2. The van der Waals surface area contributed by atoms with Gasteiger partial charge >= 0.3 is 0 Å². The summed E-state index contributed by atoms with van der Waals surface area (Å²) in [6.07, 6.45) is 2.77. The fraction of sp³-hybridized carbons (Fsp3) is 0.273. The average Bonchev–Trinajstić information content (AvgIpc) is 3.20. The van der Waals surface area contributed by atoms with E-state index >= 15 is 0 Å². The Kier molecular flexibility index (Phi) is 7.51. The topological polar surface area (TPSA) is 93.2 Å². The van der Waals surface area contributed by atoms with Gasteiger partial charge in [0.05, 0.1) is 7.11 Å². The minimum atomic E-state index is -0.292. The normalized spacial score (nSPS) is 10.5. The maximum atomic E-state index is 12.5. The van der Waals surface area contributed by atoms with E-state index < -0.39 is 0 Å². The molecule has 0 fully saturated rings. The number of hydrogen-bond acceptors (Lipinski definition) is 6. The summed E-state index contributed by atoms with van der Waals surface area (Å²) in [5.41, 5.74) is 2.22. The SMILES string of the molecule is CCCC(=O)Nc1cccc(C(=O)Nc2nnc(CCc3ccc(OC)cc3)s2)c1. The van der Waals surface area contributed by atoms with Crippen molar-refractivity contribution < 1.29 is 14.3 Å². The van der Waals surface area contributed by atoms with Gasteiger partial charge in [-0.1, -0.05) is 36.5 Å². The number of nitrogens with one attached hydrogen (secondary N) is 2. The molecule has 7 nitrogen and oxygen atoms in total. The number of nitrogens with zero attached hydrogens (tertiary/aromatic N) is 2. The monoisotopic (exact) mass is 424 g/mol. The molecule has 30 heavy (non-hydrogen) atoms. The Labute approximate surface area is 179 Å². The van der Waals surface area contributed by atoms with Crippen LogP contribution in [0.15, 0.2) is 48.5 Å². The lowest BCUT2D eigenvalue weighted by atomic mass is 10.1. The lowest BCUT2D eigenvalue weighted by Gasteiger charge is -2.06. The summed E-state index contributed by atoms with van der Waals surface area (Å²) in [6, 6.07) is 14.7. The number of aryl methyl sites for hydroxylation is 2. The van der Waals surface area contributed by atoms with Gasteiger partial charge in [0.1, 0.15) is 10.8 Å². The number of anilines is 2. The molecule has 8 heteroatoms. The van der Waals surface area contributed by atoms with Crippen LogP contribution in [0.25, 0.3) is 0 Å². The molecule has 0 saturated heterocycles. The lowest BCUT2D eigenvalue weighted by molar-refractivity contribution is -0.116. The Bertz CT molecular complexity index is 1000. The summed E-state index contributed by atoms with van der Waals surface area (Å²) in [6.45, 7) is 1.94. The average molecular weight is 425 g/mol. The largest absolute Gasteiger partial charge is 0.497 e. The van der Waals surface area contributed by atoms with Crippen molar-refractivity contribution in [3.63, 3.8) is 0 Å². The highest BCUT2D eigenvalue weighted by Gasteiger charge is 2.12. The molecule has 0 aliphatic rings. The maximum Gasteiger partial charge on any atom is 0.257 e. The molecule has 3 rings (SSSR count). The highest BCUT2D eigenvalue weighted by molar-refractivity contribution is 7.15. The van der Waals surface area contributed by atoms with Gasteiger partial charge in [-0.25, -0.2) is 0 Å². The minimum Gasteiger partial charge on any atom is -0.497 e. The molecular weight excluding hydrogens is 400 g/mol. The van der Waals surface area contributed by atoms with E-state index in [0.29, 0.717) is 22.8 Å². The quantitative estimate of drug-likeness (QED) is 0.533. The van der Waals surface area contributed by atoms with Crippen molar-refractivity contribution in [1.29, 1.82) is 0 Å². The van der Waals surface area contributed by atoms with Crippen LogP contribution in [-0.2, 0) is 17.6 Å². The molecule has 2 N–H and O–H groups in total. The number of ether oxygens (including phenoxy) is 1. The molecule has 0 unspecified atom stereocenters. The summed E-state index contributed by atoms with van der Waals surface area (Å²) >= 11 is 1.36. The molecule has 156 valence electrons. The number of rotatable bonds is 9. The fourth-order valence-corrected chi connectivity index (χ4v) is 3.54. The van der Waals surface area contributed by atoms with Gasteiger partial charge in [-0.3, -0.25) is 14.9 Å². The van der Waals surface area contributed by atoms with E-state index in [-0.39, 0.29) is 11.8 Å². The molecule has 0 spiro atoms. The van der Waals surface area contributed by atoms with Gasteiger partial charge in [-0.15, -0.1) is 10.2 Å². The van der Waals surface area contributed by atoms with Crippen molar-refractivity contribution in [2.24, 2.45) is 0 Å². The third kappa shape index (κ3) is 6.12. The van der Waals surface area contributed by atoms with E-state index in [1.165, 1.54) is 16.9 Å². The minimum absolute atomic E-state index is 0.0688. The number of carbonyl (C=O) groups is 2. The first-order valence-electron chi connectivity index (χ1n) is 9.74. The number of carbonyl (C=O) groups excluding carboxylic acids is 2. The van der Waals surface area contributed by atoms with Crippen molar-refractivity contribution in [2.75, 3.05) is 17.7 Å². The molecule has 3 aromatic rings. The van der Waals surface area contributed by atoms with Crippen molar-refractivity contribution >= 4 is 34.0 Å². The predicted molar refractivity (Wildman–Crippen MR) is 118 cm³/mol. The van der Waals surface area contributed by atoms with Crippen LogP contribution in [0.5, 0.6) is 5.75 Å². The number of benzene rings is 2. The molecule has 0 saturated carbocycles. The second-order valence-electron chi connectivity index (χ2n) is 6.68. The second kappa shape index (κ2) is 10.5. The molecule has 2 amide bonds. The van der Waals surface area contributed by atoms with Gasteiger partial charge < -0.3 is 10.1 Å². The summed E-state index contributed by atoms with van der Waals surface area (Å²) in [4.78, 5) is 24.3. The van der Waals surface area contributed by atoms with E-state index in [1.54, 1.807) is 31.4 Å². The van der Waals surface area contributed by atoms with Gasteiger partial charge in [0.25, 0.3) is 5.91 Å². The Morgan fingerprint density at radius 1 is 1.03 bits per heavy atom. The van der Waals surface area contributed by atoms with Crippen LogP contribution in [0.3, 0.4) is 0 Å². The zero-order valence-electron chi connectivity index (χ0n) is 17.0. The van der Waals surface area contributed by atoms with Crippen molar-refractivity contribution in [2.45, 2.75) is 32.6 Å². The Hall–Kier alpha value is -3.26. The third-order valence-electron chi connectivity index (χ3n) is 4.36. The van der Waals surface area contributed by atoms with Gasteiger partial charge in [0.15, 0.2) is 0 Å². The Balaban J connectivity index is 1.56. The second-order valence-corrected chi connectivity index (χ2v) is 7.74. The Morgan fingerprint density at radius 3 is 2.57 bits per heavy atom. The van der Waals surface area contributed by atoms with Crippen LogP contribution in [-0.4, -0.2) is 29.1 Å². The van der Waals surface area contributed by atoms with Gasteiger partial charge in [-0.2, -0.15) is 0 Å². The van der Waals surface area contributed by atoms with E-state index in [9.17, 15) is 9.59 Å². The van der Waals surface area contributed by atoms with Crippen molar-refractivity contribution in [3.05, 3.63) is 64.7 Å². The van der Waals surface area contributed by atoms with E-state index in [4.69, 9.17) is 4.74 Å². The standard InChI is InChI=1S/C22H24N4O3S/c1-3-5-19(27)23-17-7-4-6-16(14-17)21(28)24-22-26-25-20(30-22)13-10-15-8-11-18(29-2)12-9-15/h4,6-9,11-12,14H,3,5,10,13H2,1-2H3,(H,23,27)(H,24,26,28). The lowest BCUT2D eigenvalue weighted by Crippen LogP contribution is -2.14.